The number of ketones is 3. The Morgan fingerprint density at radius 1 is 1.15 bits per heavy atom. The molecule has 2 unspecified atom stereocenters. The SMILES string of the molecule is CC1(C)C(=O)C(C(=O)c2ccc(F)c3ncccc23)C(O)C(C)(C)C1=O. The van der Waals surface area contributed by atoms with Gasteiger partial charge in [-0.15, -0.1) is 0 Å². The van der Waals surface area contributed by atoms with Gasteiger partial charge in [0.1, 0.15) is 17.3 Å². The first kappa shape index (κ1) is 18.3. The summed E-state index contributed by atoms with van der Waals surface area (Å²) >= 11 is 0. The minimum atomic E-state index is -1.46. The number of aromatic nitrogens is 1. The third kappa shape index (κ3) is 2.40. The fraction of sp³-hybridized carbons (Fsp3) is 0.400. The molecule has 0 saturated heterocycles. The van der Waals surface area contributed by atoms with E-state index < -0.39 is 46.0 Å². The van der Waals surface area contributed by atoms with Crippen molar-refractivity contribution in [3.8, 4) is 0 Å². The van der Waals surface area contributed by atoms with E-state index in [0.29, 0.717) is 0 Å². The molecule has 3 rings (SSSR count). The zero-order chi connectivity index (χ0) is 19.4. The van der Waals surface area contributed by atoms with Gasteiger partial charge in [0, 0.05) is 17.1 Å². The summed E-state index contributed by atoms with van der Waals surface area (Å²) in [5.74, 6) is -3.64. The number of hydrogen-bond acceptors (Lipinski definition) is 5. The molecule has 5 nitrogen and oxygen atoms in total. The van der Waals surface area contributed by atoms with Gasteiger partial charge in [0.15, 0.2) is 17.3 Å². The minimum absolute atomic E-state index is 0.0192. The van der Waals surface area contributed by atoms with E-state index in [0.717, 1.165) is 6.07 Å². The molecule has 1 aromatic heterocycles. The topological polar surface area (TPSA) is 84.3 Å². The molecule has 0 bridgehead atoms. The maximum atomic E-state index is 14.0. The van der Waals surface area contributed by atoms with Crippen molar-refractivity contribution in [1.29, 1.82) is 0 Å². The number of hydrogen-bond donors (Lipinski definition) is 1. The first-order chi connectivity index (χ1) is 12.0. The molecule has 0 radical (unpaired) electrons. The molecule has 1 saturated carbocycles. The van der Waals surface area contributed by atoms with Crippen LogP contribution in [0.1, 0.15) is 38.1 Å². The van der Waals surface area contributed by atoms with Gasteiger partial charge in [0.25, 0.3) is 0 Å². The van der Waals surface area contributed by atoms with Crippen molar-refractivity contribution in [3.63, 3.8) is 0 Å². The smallest absolute Gasteiger partial charge is 0.176 e. The van der Waals surface area contributed by atoms with Gasteiger partial charge in [-0.3, -0.25) is 19.4 Å². The van der Waals surface area contributed by atoms with Crippen LogP contribution in [0.2, 0.25) is 0 Å². The predicted molar refractivity (Wildman–Crippen MR) is 93.1 cm³/mol. The number of fused-ring (bicyclic) bond motifs is 1. The molecule has 136 valence electrons. The molecule has 26 heavy (non-hydrogen) atoms. The molecule has 1 N–H and O–H groups in total. The second-order valence-electron chi connectivity index (χ2n) is 7.82. The first-order valence-corrected chi connectivity index (χ1v) is 8.36. The van der Waals surface area contributed by atoms with E-state index >= 15 is 0 Å². The molecular formula is C20H20FNO4. The van der Waals surface area contributed by atoms with Crippen molar-refractivity contribution in [3.05, 3.63) is 41.8 Å². The Balaban J connectivity index is 2.17. The van der Waals surface area contributed by atoms with E-state index in [1.54, 1.807) is 12.1 Å². The molecule has 2 aromatic rings. The lowest BCUT2D eigenvalue weighted by Crippen LogP contribution is -2.61. The molecule has 0 spiro atoms. The van der Waals surface area contributed by atoms with Gasteiger partial charge in [-0.2, -0.15) is 0 Å². The Kier molecular flexibility index (Phi) is 4.07. The molecule has 1 aliphatic rings. The van der Waals surface area contributed by atoms with Gasteiger partial charge in [-0.1, -0.05) is 19.9 Å². The van der Waals surface area contributed by atoms with Crippen molar-refractivity contribution in [2.45, 2.75) is 33.8 Å². The summed E-state index contributed by atoms with van der Waals surface area (Å²) < 4.78 is 14.0. The van der Waals surface area contributed by atoms with Crippen LogP contribution in [0, 0.1) is 22.6 Å². The number of rotatable bonds is 2. The number of halogens is 1. The molecule has 2 atom stereocenters. The van der Waals surface area contributed by atoms with Crippen LogP contribution < -0.4 is 0 Å². The molecular weight excluding hydrogens is 337 g/mol. The molecule has 1 aromatic carbocycles. The Morgan fingerprint density at radius 2 is 1.81 bits per heavy atom. The predicted octanol–water partition coefficient (Wildman–Crippen LogP) is 2.74. The van der Waals surface area contributed by atoms with Crippen LogP contribution in [-0.2, 0) is 9.59 Å². The van der Waals surface area contributed by atoms with E-state index in [1.165, 1.54) is 40.0 Å². The maximum Gasteiger partial charge on any atom is 0.176 e. The molecule has 0 amide bonds. The molecule has 1 aliphatic carbocycles. The van der Waals surface area contributed by atoms with Gasteiger partial charge in [0.05, 0.1) is 16.9 Å². The molecule has 0 aliphatic heterocycles. The van der Waals surface area contributed by atoms with Crippen molar-refractivity contribution in [1.82, 2.24) is 4.98 Å². The maximum absolute atomic E-state index is 14.0. The molecule has 1 heterocycles. The van der Waals surface area contributed by atoms with E-state index in [4.69, 9.17) is 0 Å². The monoisotopic (exact) mass is 357 g/mol. The third-order valence-electron chi connectivity index (χ3n) is 5.37. The van der Waals surface area contributed by atoms with Gasteiger partial charge in [-0.05, 0) is 32.0 Å². The average molecular weight is 357 g/mol. The number of aliphatic hydroxyl groups excluding tert-OH is 1. The molecule has 1 fully saturated rings. The number of benzene rings is 1. The van der Waals surface area contributed by atoms with Crippen LogP contribution in [-0.4, -0.2) is 33.5 Å². The minimum Gasteiger partial charge on any atom is -0.391 e. The highest BCUT2D eigenvalue weighted by molar-refractivity contribution is 6.23. The summed E-state index contributed by atoms with van der Waals surface area (Å²) in [6, 6.07) is 5.51. The van der Waals surface area contributed by atoms with Gasteiger partial charge in [-0.25, -0.2) is 4.39 Å². The summed E-state index contributed by atoms with van der Waals surface area (Å²) in [6.07, 6.45) is -0.0506. The zero-order valence-corrected chi connectivity index (χ0v) is 15.0. The second kappa shape index (κ2) is 5.77. The Morgan fingerprint density at radius 3 is 2.46 bits per heavy atom. The van der Waals surface area contributed by atoms with E-state index in [1.807, 2.05) is 0 Å². The van der Waals surface area contributed by atoms with Crippen LogP contribution in [0.4, 0.5) is 4.39 Å². The second-order valence-corrected chi connectivity index (χ2v) is 7.82. The van der Waals surface area contributed by atoms with Crippen molar-refractivity contribution in [2.75, 3.05) is 0 Å². The van der Waals surface area contributed by atoms with Crippen LogP contribution >= 0.6 is 0 Å². The number of carbonyl (C=O) groups excluding carboxylic acids is 3. The van der Waals surface area contributed by atoms with Gasteiger partial charge < -0.3 is 5.11 Å². The van der Waals surface area contributed by atoms with E-state index in [-0.39, 0.29) is 16.5 Å². The standard InChI is InChI=1S/C20H20FNO4/c1-19(2)16(24)13(17(25)20(3,4)18(19)26)15(23)11-7-8-12(21)14-10(11)6-5-9-22-14/h5-9,13,16,24H,1-4H3. The Hall–Kier alpha value is -2.47. The highest BCUT2D eigenvalue weighted by Gasteiger charge is 2.59. The van der Waals surface area contributed by atoms with Crippen LogP contribution in [0.15, 0.2) is 30.5 Å². The summed E-state index contributed by atoms with van der Waals surface area (Å²) in [7, 11) is 0. The summed E-state index contributed by atoms with van der Waals surface area (Å²) in [6.45, 7) is 5.99. The highest BCUT2D eigenvalue weighted by atomic mass is 19.1. The third-order valence-corrected chi connectivity index (χ3v) is 5.37. The molecule has 6 heteroatoms. The van der Waals surface area contributed by atoms with Crippen molar-refractivity contribution < 1.29 is 23.9 Å². The van der Waals surface area contributed by atoms with E-state index in [2.05, 4.69) is 4.98 Å². The fourth-order valence-electron chi connectivity index (χ4n) is 3.78. The average Bonchev–Trinajstić information content (AvgIpc) is 2.60. The Labute approximate surface area is 150 Å². The van der Waals surface area contributed by atoms with Crippen molar-refractivity contribution >= 4 is 28.3 Å². The summed E-state index contributed by atoms with van der Waals surface area (Å²) in [5, 5.41) is 10.9. The number of carbonyl (C=O) groups is 3. The highest BCUT2D eigenvalue weighted by Crippen LogP contribution is 2.44. The lowest BCUT2D eigenvalue weighted by molar-refractivity contribution is -0.162. The zero-order valence-electron chi connectivity index (χ0n) is 15.0. The summed E-state index contributed by atoms with van der Waals surface area (Å²) in [5.41, 5.74) is -2.53. The number of pyridine rings is 1. The van der Waals surface area contributed by atoms with Crippen LogP contribution in [0.25, 0.3) is 10.9 Å². The quantitative estimate of drug-likeness (QED) is 0.660. The van der Waals surface area contributed by atoms with Gasteiger partial charge >= 0.3 is 0 Å². The number of aliphatic hydroxyl groups is 1. The summed E-state index contributed by atoms with van der Waals surface area (Å²) in [4.78, 5) is 42.6. The number of nitrogens with zero attached hydrogens (tertiary/aromatic N) is 1. The first-order valence-electron chi connectivity index (χ1n) is 8.36. The Bertz CT molecular complexity index is 948. The normalized spacial score (nSPS) is 24.7. The van der Waals surface area contributed by atoms with Crippen LogP contribution in [0.3, 0.4) is 0 Å². The fourth-order valence-corrected chi connectivity index (χ4v) is 3.78. The lowest BCUT2D eigenvalue weighted by atomic mass is 9.57. The largest absolute Gasteiger partial charge is 0.391 e. The lowest BCUT2D eigenvalue weighted by Gasteiger charge is -2.45. The van der Waals surface area contributed by atoms with Crippen molar-refractivity contribution in [2.24, 2.45) is 16.7 Å². The number of Topliss-reactive ketones (excluding diaryl/α,β-unsaturated/α-hetero) is 3. The van der Waals surface area contributed by atoms with Gasteiger partial charge in [0.2, 0.25) is 0 Å². The van der Waals surface area contributed by atoms with Crippen LogP contribution in [0.5, 0.6) is 0 Å². The van der Waals surface area contributed by atoms with E-state index in [9.17, 15) is 23.9 Å².